The Morgan fingerprint density at radius 2 is 1.94 bits per heavy atom. The van der Waals surface area contributed by atoms with E-state index in [4.69, 9.17) is 28.9 Å². The predicted octanol–water partition coefficient (Wildman–Crippen LogP) is 3.74. The van der Waals surface area contributed by atoms with E-state index in [1.54, 1.807) is 12.1 Å². The quantitative estimate of drug-likeness (QED) is 0.921. The molecule has 0 radical (unpaired) electrons. The minimum atomic E-state index is 0.637. The van der Waals surface area contributed by atoms with Crippen molar-refractivity contribution in [1.29, 1.82) is 0 Å². The summed E-state index contributed by atoms with van der Waals surface area (Å²) in [5.41, 5.74) is 8.48. The molecule has 0 bridgehead atoms. The van der Waals surface area contributed by atoms with Crippen molar-refractivity contribution in [3.05, 3.63) is 39.5 Å². The Bertz CT molecular complexity index is 553. The molecule has 4 heteroatoms. The van der Waals surface area contributed by atoms with Crippen LogP contribution < -0.4 is 5.73 Å². The van der Waals surface area contributed by atoms with Crippen LogP contribution in [0.5, 0.6) is 0 Å². The van der Waals surface area contributed by atoms with Gasteiger partial charge in [0, 0.05) is 11.1 Å². The van der Waals surface area contributed by atoms with Crippen LogP contribution >= 0.6 is 23.2 Å². The van der Waals surface area contributed by atoms with Crippen LogP contribution in [0.25, 0.3) is 10.9 Å². The summed E-state index contributed by atoms with van der Waals surface area (Å²) < 4.78 is 0. The molecule has 0 fully saturated rings. The summed E-state index contributed by atoms with van der Waals surface area (Å²) in [6.45, 7) is 2.67. The van der Waals surface area contributed by atoms with Gasteiger partial charge in [-0.2, -0.15) is 0 Å². The summed E-state index contributed by atoms with van der Waals surface area (Å²) in [6, 6.07) is 5.65. The third-order valence-electron chi connectivity index (χ3n) is 2.83. The molecule has 2 aromatic rings. The highest BCUT2D eigenvalue weighted by atomic mass is 35.5. The number of nitrogens with two attached hydrogens (primary N) is 1. The number of fused-ring (bicyclic) bond motifs is 1. The number of halogens is 2. The van der Waals surface area contributed by atoms with Gasteiger partial charge in [0.2, 0.25) is 0 Å². The van der Waals surface area contributed by atoms with Gasteiger partial charge in [0.15, 0.2) is 0 Å². The normalized spacial score (nSPS) is 11.1. The molecule has 0 saturated heterocycles. The van der Waals surface area contributed by atoms with Gasteiger partial charge in [-0.25, -0.2) is 0 Å². The van der Waals surface area contributed by atoms with Crippen molar-refractivity contribution in [2.75, 3.05) is 6.54 Å². The van der Waals surface area contributed by atoms with Crippen molar-refractivity contribution in [2.24, 2.45) is 5.73 Å². The number of pyridine rings is 1. The van der Waals surface area contributed by atoms with E-state index in [1.165, 1.54) is 5.56 Å². The van der Waals surface area contributed by atoms with Crippen LogP contribution in [0, 0.1) is 6.92 Å². The van der Waals surface area contributed by atoms with E-state index in [0.29, 0.717) is 16.6 Å². The molecule has 1 aromatic heterocycles. The average Bonchev–Trinajstić information content (AvgIpc) is 2.32. The zero-order valence-electron chi connectivity index (χ0n) is 9.63. The maximum atomic E-state index is 6.16. The number of hydrogen-bond donors (Lipinski definition) is 1. The first-order valence-electron chi connectivity index (χ1n) is 5.58. The lowest BCUT2D eigenvalue weighted by Gasteiger charge is -2.09. The number of nitrogens with zero attached hydrogens (tertiary/aromatic N) is 1. The van der Waals surface area contributed by atoms with Crippen molar-refractivity contribution < 1.29 is 0 Å². The first-order valence-corrected chi connectivity index (χ1v) is 6.33. The molecular weight excluding hydrogens is 255 g/mol. The molecule has 2 N–H and O–H groups in total. The molecule has 0 aliphatic rings. The summed E-state index contributed by atoms with van der Waals surface area (Å²) in [4.78, 5) is 4.53. The van der Waals surface area contributed by atoms with E-state index in [9.17, 15) is 0 Å². The summed E-state index contributed by atoms with van der Waals surface area (Å²) in [7, 11) is 0. The average molecular weight is 269 g/mol. The molecule has 17 heavy (non-hydrogen) atoms. The molecule has 0 amide bonds. The highest BCUT2D eigenvalue weighted by Crippen LogP contribution is 2.30. The van der Waals surface area contributed by atoms with Gasteiger partial charge < -0.3 is 5.73 Å². The lowest BCUT2D eigenvalue weighted by atomic mass is 10.1. The standard InChI is InChI=1S/C13H14Cl2N2/c1-8-9(3-2-6-16)7-10-11(14)4-5-12(15)13(10)17-8/h4-5,7H,2-3,6,16H2,1H3. The van der Waals surface area contributed by atoms with E-state index in [-0.39, 0.29) is 0 Å². The third kappa shape index (κ3) is 2.54. The number of aromatic nitrogens is 1. The minimum Gasteiger partial charge on any atom is -0.330 e. The molecule has 0 unspecified atom stereocenters. The maximum absolute atomic E-state index is 6.16. The van der Waals surface area contributed by atoms with E-state index in [1.807, 2.05) is 6.92 Å². The van der Waals surface area contributed by atoms with Gasteiger partial charge in [-0.05, 0) is 50.1 Å². The van der Waals surface area contributed by atoms with Gasteiger partial charge in [-0.1, -0.05) is 23.2 Å². The highest BCUT2D eigenvalue weighted by molar-refractivity contribution is 6.39. The molecule has 2 rings (SSSR count). The van der Waals surface area contributed by atoms with Crippen LogP contribution in [-0.4, -0.2) is 11.5 Å². The molecule has 0 aliphatic heterocycles. The van der Waals surface area contributed by atoms with Gasteiger partial charge in [-0.15, -0.1) is 0 Å². The summed E-state index contributed by atoms with van der Waals surface area (Å²) in [6.07, 6.45) is 1.88. The summed E-state index contributed by atoms with van der Waals surface area (Å²) >= 11 is 12.3. The van der Waals surface area contributed by atoms with E-state index in [2.05, 4.69) is 11.1 Å². The molecular formula is C13H14Cl2N2. The molecule has 1 aromatic carbocycles. The van der Waals surface area contributed by atoms with Crippen molar-refractivity contribution in [3.8, 4) is 0 Å². The largest absolute Gasteiger partial charge is 0.330 e. The van der Waals surface area contributed by atoms with Crippen LogP contribution in [0.3, 0.4) is 0 Å². The molecule has 2 nitrogen and oxygen atoms in total. The zero-order chi connectivity index (χ0) is 12.4. The SMILES string of the molecule is Cc1nc2c(Cl)ccc(Cl)c2cc1CCCN. The Morgan fingerprint density at radius 3 is 2.65 bits per heavy atom. The van der Waals surface area contributed by atoms with Crippen molar-refractivity contribution in [2.45, 2.75) is 19.8 Å². The van der Waals surface area contributed by atoms with E-state index >= 15 is 0 Å². The molecule has 90 valence electrons. The number of rotatable bonds is 3. The van der Waals surface area contributed by atoms with Crippen molar-refractivity contribution >= 4 is 34.1 Å². The molecule has 0 spiro atoms. The van der Waals surface area contributed by atoms with Crippen LogP contribution in [-0.2, 0) is 6.42 Å². The first-order chi connectivity index (χ1) is 8.13. The fourth-order valence-corrected chi connectivity index (χ4v) is 2.29. The number of benzene rings is 1. The number of aryl methyl sites for hydroxylation is 2. The smallest absolute Gasteiger partial charge is 0.0906 e. The molecule has 0 saturated carbocycles. The summed E-state index contributed by atoms with van der Waals surface area (Å²) in [5, 5.41) is 2.24. The topological polar surface area (TPSA) is 38.9 Å². The third-order valence-corrected chi connectivity index (χ3v) is 3.46. The van der Waals surface area contributed by atoms with Crippen molar-refractivity contribution in [3.63, 3.8) is 0 Å². The zero-order valence-corrected chi connectivity index (χ0v) is 11.1. The molecule has 0 aliphatic carbocycles. The monoisotopic (exact) mass is 268 g/mol. The lowest BCUT2D eigenvalue weighted by molar-refractivity contribution is 0.824. The van der Waals surface area contributed by atoms with Crippen LogP contribution in [0.2, 0.25) is 10.0 Å². The Balaban J connectivity index is 2.59. The first kappa shape index (κ1) is 12.6. The second-order valence-electron chi connectivity index (χ2n) is 4.05. The fourth-order valence-electron chi connectivity index (χ4n) is 1.87. The van der Waals surface area contributed by atoms with Gasteiger partial charge in [0.1, 0.15) is 0 Å². The van der Waals surface area contributed by atoms with Crippen LogP contribution in [0.15, 0.2) is 18.2 Å². The second-order valence-corrected chi connectivity index (χ2v) is 4.86. The summed E-state index contributed by atoms with van der Waals surface area (Å²) in [5.74, 6) is 0. The molecule has 0 atom stereocenters. The van der Waals surface area contributed by atoms with E-state index < -0.39 is 0 Å². The number of hydrogen-bond acceptors (Lipinski definition) is 2. The lowest BCUT2D eigenvalue weighted by Crippen LogP contribution is -2.02. The van der Waals surface area contributed by atoms with Crippen LogP contribution in [0.4, 0.5) is 0 Å². The Labute approximate surface area is 111 Å². The maximum Gasteiger partial charge on any atom is 0.0906 e. The fraction of sp³-hybridized carbons (Fsp3) is 0.308. The predicted molar refractivity (Wildman–Crippen MR) is 73.9 cm³/mol. The Morgan fingerprint density at radius 1 is 1.24 bits per heavy atom. The van der Waals surface area contributed by atoms with Gasteiger partial charge >= 0.3 is 0 Å². The van der Waals surface area contributed by atoms with Gasteiger partial charge in [0.25, 0.3) is 0 Å². The minimum absolute atomic E-state index is 0.637. The Hall–Kier alpha value is -0.830. The van der Waals surface area contributed by atoms with E-state index in [0.717, 1.165) is 29.4 Å². The second kappa shape index (κ2) is 5.21. The van der Waals surface area contributed by atoms with Crippen molar-refractivity contribution in [1.82, 2.24) is 4.98 Å². The Kier molecular flexibility index (Phi) is 3.87. The van der Waals surface area contributed by atoms with Gasteiger partial charge in [0.05, 0.1) is 15.6 Å². The highest BCUT2D eigenvalue weighted by Gasteiger charge is 2.08. The van der Waals surface area contributed by atoms with Crippen LogP contribution in [0.1, 0.15) is 17.7 Å². The molecule has 1 heterocycles. The van der Waals surface area contributed by atoms with Gasteiger partial charge in [-0.3, -0.25) is 4.98 Å².